The standard InChI is InChI=1S/C16H18FN3O2S/c17-14-4-1-2-5-15(14)20-11-13(10-18-20)23(21,22)19-9-3-6-16(12-19)7-8-16/h1-2,4-5,10-11H,3,6-9,12H2. The normalized spacial score (nSPS) is 20.7. The molecular formula is C16H18FN3O2S. The average Bonchev–Trinajstić information content (AvgIpc) is 3.10. The van der Waals surface area contributed by atoms with E-state index in [1.807, 2.05) is 0 Å². The zero-order chi connectivity index (χ0) is 16.1. The van der Waals surface area contributed by atoms with E-state index >= 15 is 0 Å². The highest BCUT2D eigenvalue weighted by atomic mass is 32.2. The van der Waals surface area contributed by atoms with Crippen molar-refractivity contribution in [2.45, 2.75) is 30.6 Å². The molecule has 23 heavy (non-hydrogen) atoms. The Kier molecular flexibility index (Phi) is 3.32. The van der Waals surface area contributed by atoms with Crippen molar-refractivity contribution in [3.8, 4) is 5.69 Å². The predicted octanol–water partition coefficient (Wildman–Crippen LogP) is 2.58. The van der Waals surface area contributed by atoms with E-state index in [1.165, 1.54) is 23.1 Å². The number of para-hydroxylation sites is 1. The minimum absolute atomic E-state index is 0.124. The molecule has 1 aliphatic heterocycles. The van der Waals surface area contributed by atoms with Gasteiger partial charge in [0.1, 0.15) is 16.4 Å². The number of sulfonamides is 1. The molecular weight excluding hydrogens is 317 g/mol. The van der Waals surface area contributed by atoms with Gasteiger partial charge in [0, 0.05) is 13.1 Å². The Labute approximate surface area is 134 Å². The molecule has 0 N–H and O–H groups in total. The third kappa shape index (κ3) is 2.57. The fourth-order valence-electron chi connectivity index (χ4n) is 3.31. The second-order valence-electron chi connectivity index (χ2n) is 6.51. The van der Waals surface area contributed by atoms with Crippen molar-refractivity contribution in [2.24, 2.45) is 5.41 Å². The van der Waals surface area contributed by atoms with Crippen LogP contribution in [0.25, 0.3) is 5.69 Å². The first-order valence-electron chi connectivity index (χ1n) is 7.80. The molecule has 122 valence electrons. The van der Waals surface area contributed by atoms with Crippen LogP contribution in [0.3, 0.4) is 0 Å². The van der Waals surface area contributed by atoms with Crippen molar-refractivity contribution in [3.05, 3.63) is 42.5 Å². The number of hydrogen-bond donors (Lipinski definition) is 0. The minimum Gasteiger partial charge on any atom is -0.237 e. The van der Waals surface area contributed by atoms with Crippen LogP contribution < -0.4 is 0 Å². The van der Waals surface area contributed by atoms with E-state index in [-0.39, 0.29) is 16.0 Å². The SMILES string of the molecule is O=S(=O)(c1cnn(-c2ccccc2F)c1)N1CCCC2(CC2)C1. The Morgan fingerprint density at radius 2 is 1.96 bits per heavy atom. The number of halogens is 1. The highest BCUT2D eigenvalue weighted by molar-refractivity contribution is 7.89. The number of rotatable bonds is 3. The van der Waals surface area contributed by atoms with Crippen LogP contribution in [0.1, 0.15) is 25.7 Å². The molecule has 5 nitrogen and oxygen atoms in total. The highest BCUT2D eigenvalue weighted by Crippen LogP contribution is 2.52. The van der Waals surface area contributed by atoms with Crippen LogP contribution in [0.4, 0.5) is 4.39 Å². The molecule has 4 rings (SSSR count). The number of nitrogens with zero attached hydrogens (tertiary/aromatic N) is 3. The number of benzene rings is 1. The average molecular weight is 335 g/mol. The van der Waals surface area contributed by atoms with Crippen molar-refractivity contribution in [1.29, 1.82) is 0 Å². The molecule has 1 saturated heterocycles. The molecule has 2 aliphatic rings. The molecule has 2 heterocycles. The maximum absolute atomic E-state index is 13.8. The van der Waals surface area contributed by atoms with Crippen LogP contribution >= 0.6 is 0 Å². The van der Waals surface area contributed by atoms with E-state index < -0.39 is 15.8 Å². The topological polar surface area (TPSA) is 55.2 Å². The lowest BCUT2D eigenvalue weighted by atomic mass is 9.97. The monoisotopic (exact) mass is 335 g/mol. The Morgan fingerprint density at radius 3 is 2.70 bits per heavy atom. The van der Waals surface area contributed by atoms with Crippen molar-refractivity contribution < 1.29 is 12.8 Å². The van der Waals surface area contributed by atoms with Gasteiger partial charge >= 0.3 is 0 Å². The van der Waals surface area contributed by atoms with E-state index in [9.17, 15) is 12.8 Å². The molecule has 0 unspecified atom stereocenters. The summed E-state index contributed by atoms with van der Waals surface area (Å²) in [6, 6.07) is 6.17. The van der Waals surface area contributed by atoms with Gasteiger partial charge in [0.25, 0.3) is 0 Å². The number of aromatic nitrogens is 2. The first-order valence-corrected chi connectivity index (χ1v) is 9.24. The van der Waals surface area contributed by atoms with Crippen LogP contribution in [-0.4, -0.2) is 35.6 Å². The number of piperidine rings is 1. The largest absolute Gasteiger partial charge is 0.246 e. The Morgan fingerprint density at radius 1 is 1.17 bits per heavy atom. The van der Waals surface area contributed by atoms with E-state index in [4.69, 9.17) is 0 Å². The summed E-state index contributed by atoms with van der Waals surface area (Å²) >= 11 is 0. The second-order valence-corrected chi connectivity index (χ2v) is 8.45. The van der Waals surface area contributed by atoms with Gasteiger partial charge in [0.05, 0.1) is 12.4 Å². The fourth-order valence-corrected chi connectivity index (χ4v) is 4.84. The quantitative estimate of drug-likeness (QED) is 0.866. The summed E-state index contributed by atoms with van der Waals surface area (Å²) in [7, 11) is -3.57. The zero-order valence-corrected chi connectivity index (χ0v) is 13.5. The van der Waals surface area contributed by atoms with Crippen molar-refractivity contribution in [1.82, 2.24) is 14.1 Å². The first kappa shape index (κ1) is 14.8. The lowest BCUT2D eigenvalue weighted by Gasteiger charge is -2.31. The van der Waals surface area contributed by atoms with Crippen molar-refractivity contribution >= 4 is 10.0 Å². The van der Waals surface area contributed by atoms with Crippen molar-refractivity contribution in [2.75, 3.05) is 13.1 Å². The van der Waals surface area contributed by atoms with Gasteiger partial charge in [-0.1, -0.05) is 12.1 Å². The summed E-state index contributed by atoms with van der Waals surface area (Å²) in [4.78, 5) is 0.124. The Hall–Kier alpha value is -1.73. The maximum atomic E-state index is 13.8. The van der Waals surface area contributed by atoms with Gasteiger partial charge in [-0.05, 0) is 43.2 Å². The minimum atomic E-state index is -3.57. The molecule has 1 aliphatic carbocycles. The van der Waals surface area contributed by atoms with Crippen LogP contribution in [0.5, 0.6) is 0 Å². The molecule has 1 saturated carbocycles. The first-order chi connectivity index (χ1) is 11.0. The molecule has 0 amide bonds. The van der Waals surface area contributed by atoms with Crippen LogP contribution in [0.2, 0.25) is 0 Å². The predicted molar refractivity (Wildman–Crippen MR) is 83.2 cm³/mol. The van der Waals surface area contributed by atoms with E-state index in [0.29, 0.717) is 13.1 Å². The van der Waals surface area contributed by atoms with E-state index in [2.05, 4.69) is 5.10 Å². The molecule has 2 aromatic rings. The summed E-state index contributed by atoms with van der Waals surface area (Å²) in [5, 5.41) is 4.03. The molecule has 0 bridgehead atoms. The van der Waals surface area contributed by atoms with Gasteiger partial charge in [0.2, 0.25) is 10.0 Å². The lowest BCUT2D eigenvalue weighted by molar-refractivity contribution is 0.249. The van der Waals surface area contributed by atoms with Crippen molar-refractivity contribution in [3.63, 3.8) is 0 Å². The summed E-state index contributed by atoms with van der Waals surface area (Å²) in [5.41, 5.74) is 0.457. The highest BCUT2D eigenvalue weighted by Gasteiger charge is 2.48. The van der Waals surface area contributed by atoms with E-state index in [0.717, 1.165) is 25.7 Å². The van der Waals surface area contributed by atoms with Crippen LogP contribution in [0, 0.1) is 11.2 Å². The molecule has 1 aromatic heterocycles. The summed E-state index contributed by atoms with van der Waals surface area (Å²) < 4.78 is 42.3. The smallest absolute Gasteiger partial charge is 0.237 e. The van der Waals surface area contributed by atoms with E-state index in [1.54, 1.807) is 22.5 Å². The fraction of sp³-hybridized carbons (Fsp3) is 0.438. The maximum Gasteiger partial charge on any atom is 0.246 e. The van der Waals surface area contributed by atoms with Gasteiger partial charge in [-0.2, -0.15) is 9.40 Å². The summed E-state index contributed by atoms with van der Waals surface area (Å²) in [6.45, 7) is 1.15. The molecule has 2 fully saturated rings. The molecule has 0 radical (unpaired) electrons. The van der Waals surface area contributed by atoms with Gasteiger partial charge in [-0.3, -0.25) is 0 Å². The third-order valence-electron chi connectivity index (χ3n) is 4.88. The number of hydrogen-bond acceptors (Lipinski definition) is 3. The van der Waals surface area contributed by atoms with Gasteiger partial charge in [0.15, 0.2) is 0 Å². The summed E-state index contributed by atoms with van der Waals surface area (Å²) in [6.07, 6.45) is 6.95. The second kappa shape index (κ2) is 5.14. The molecule has 7 heteroatoms. The molecule has 0 atom stereocenters. The molecule has 1 spiro atoms. The Bertz CT molecular complexity index is 843. The Balaban J connectivity index is 1.64. The van der Waals surface area contributed by atoms with Crippen LogP contribution in [-0.2, 0) is 10.0 Å². The van der Waals surface area contributed by atoms with Gasteiger partial charge < -0.3 is 0 Å². The zero-order valence-electron chi connectivity index (χ0n) is 12.7. The van der Waals surface area contributed by atoms with Crippen LogP contribution in [0.15, 0.2) is 41.6 Å². The molecule has 1 aromatic carbocycles. The van der Waals surface area contributed by atoms with Gasteiger partial charge in [-0.15, -0.1) is 0 Å². The summed E-state index contributed by atoms with van der Waals surface area (Å²) in [5.74, 6) is -0.436. The van der Waals surface area contributed by atoms with Gasteiger partial charge in [-0.25, -0.2) is 17.5 Å². The third-order valence-corrected chi connectivity index (χ3v) is 6.68. The lowest BCUT2D eigenvalue weighted by Crippen LogP contribution is -2.40.